The molecule has 0 fully saturated rings. The molecule has 1 aromatic heterocycles. The second-order valence-electron chi connectivity index (χ2n) is 7.64. The molecule has 0 aliphatic carbocycles. The van der Waals surface area contributed by atoms with Gasteiger partial charge in [0.1, 0.15) is 6.54 Å². The Kier molecular flexibility index (Phi) is 6.29. The van der Waals surface area contributed by atoms with E-state index in [-0.39, 0.29) is 30.0 Å². The molecule has 0 bridgehead atoms. The van der Waals surface area contributed by atoms with Crippen molar-refractivity contribution in [2.45, 2.75) is 30.3 Å². The fraction of sp³-hybridized carbons (Fsp3) is 0.304. The van der Waals surface area contributed by atoms with Crippen LogP contribution in [0.15, 0.2) is 58.5 Å². The number of rotatable bonds is 6. The number of hydrogen-bond donors (Lipinski definition) is 1. The molecule has 1 N–H and O–H groups in total. The summed E-state index contributed by atoms with van der Waals surface area (Å²) in [7, 11) is 1.58. The van der Waals surface area contributed by atoms with Gasteiger partial charge in [-0.05, 0) is 38.1 Å². The number of methoxy groups -OCH3 is 1. The van der Waals surface area contributed by atoms with Crippen molar-refractivity contribution in [3.05, 3.63) is 58.9 Å². The number of nitrogens with zero attached hydrogens (tertiary/aromatic N) is 3. The van der Waals surface area contributed by atoms with Crippen LogP contribution >= 0.6 is 11.8 Å². The predicted octanol–water partition coefficient (Wildman–Crippen LogP) is 3.07. The van der Waals surface area contributed by atoms with Crippen LogP contribution in [0, 0.1) is 0 Å². The molecule has 8 nitrogen and oxygen atoms in total. The molecule has 2 atom stereocenters. The fourth-order valence-electron chi connectivity index (χ4n) is 3.77. The molecular weight excluding hydrogens is 428 g/mol. The molecule has 2 heterocycles. The molecule has 0 saturated carbocycles. The number of carbonyl (C=O) groups excluding carboxylic acids is 2. The predicted molar refractivity (Wildman–Crippen MR) is 125 cm³/mol. The number of ether oxygens (including phenoxy) is 1. The number of fused-ring (bicyclic) bond motifs is 2. The summed E-state index contributed by atoms with van der Waals surface area (Å²) >= 11 is 1.20. The van der Waals surface area contributed by atoms with E-state index >= 15 is 0 Å². The van der Waals surface area contributed by atoms with Gasteiger partial charge in [0.2, 0.25) is 11.8 Å². The largest absolute Gasteiger partial charge is 0.383 e. The molecule has 2 amide bonds. The number of para-hydroxylation sites is 3. The summed E-state index contributed by atoms with van der Waals surface area (Å²) in [4.78, 5) is 44.9. The monoisotopic (exact) mass is 452 g/mol. The summed E-state index contributed by atoms with van der Waals surface area (Å²) in [6, 6.07) is 14.1. The van der Waals surface area contributed by atoms with Gasteiger partial charge in [-0.15, -0.1) is 0 Å². The maximum Gasteiger partial charge on any atom is 0.262 e. The number of nitrogens with one attached hydrogen (secondary N) is 1. The normalized spacial score (nSPS) is 15.2. The van der Waals surface area contributed by atoms with Crippen molar-refractivity contribution in [3.8, 4) is 0 Å². The number of anilines is 2. The average molecular weight is 453 g/mol. The first-order valence-electron chi connectivity index (χ1n) is 10.3. The SMILES string of the molecule is COC[C@@H](C)n1c(S[C@H](C)C(=O)N2CC(=O)Nc3ccccc32)nc2ccccc2c1=O. The number of amides is 2. The van der Waals surface area contributed by atoms with E-state index in [0.29, 0.717) is 34.0 Å². The Balaban J connectivity index is 1.70. The van der Waals surface area contributed by atoms with Gasteiger partial charge in [-0.25, -0.2) is 4.98 Å². The minimum Gasteiger partial charge on any atom is -0.383 e. The lowest BCUT2D eigenvalue weighted by Crippen LogP contribution is -2.45. The Bertz CT molecular complexity index is 1240. The first-order valence-corrected chi connectivity index (χ1v) is 11.2. The highest BCUT2D eigenvalue weighted by atomic mass is 32.2. The van der Waals surface area contributed by atoms with E-state index in [4.69, 9.17) is 4.74 Å². The summed E-state index contributed by atoms with van der Waals surface area (Å²) in [5, 5.41) is 3.16. The van der Waals surface area contributed by atoms with Gasteiger partial charge >= 0.3 is 0 Å². The molecular formula is C23H24N4O4S. The van der Waals surface area contributed by atoms with E-state index in [1.807, 2.05) is 19.1 Å². The molecule has 9 heteroatoms. The van der Waals surface area contributed by atoms with Gasteiger partial charge in [-0.1, -0.05) is 36.0 Å². The highest BCUT2D eigenvalue weighted by Crippen LogP contribution is 2.32. The molecule has 0 saturated heterocycles. The van der Waals surface area contributed by atoms with Crippen LogP contribution in [-0.4, -0.2) is 46.9 Å². The topological polar surface area (TPSA) is 93.5 Å². The van der Waals surface area contributed by atoms with Gasteiger partial charge in [0.15, 0.2) is 5.16 Å². The van der Waals surface area contributed by atoms with E-state index in [1.54, 1.807) is 55.0 Å². The summed E-state index contributed by atoms with van der Waals surface area (Å²) in [6.07, 6.45) is 0. The summed E-state index contributed by atoms with van der Waals surface area (Å²) in [6.45, 7) is 3.91. The van der Waals surface area contributed by atoms with E-state index in [1.165, 1.54) is 16.7 Å². The van der Waals surface area contributed by atoms with Crippen LogP contribution in [0.1, 0.15) is 19.9 Å². The highest BCUT2D eigenvalue weighted by molar-refractivity contribution is 8.00. The van der Waals surface area contributed by atoms with Crippen molar-refractivity contribution in [3.63, 3.8) is 0 Å². The Morgan fingerprint density at radius 3 is 2.66 bits per heavy atom. The zero-order valence-electron chi connectivity index (χ0n) is 18.1. The van der Waals surface area contributed by atoms with Crippen LogP contribution in [0.3, 0.4) is 0 Å². The number of hydrogen-bond acceptors (Lipinski definition) is 6. The second-order valence-corrected chi connectivity index (χ2v) is 8.95. The minimum atomic E-state index is -0.581. The molecule has 32 heavy (non-hydrogen) atoms. The van der Waals surface area contributed by atoms with E-state index in [9.17, 15) is 14.4 Å². The lowest BCUT2D eigenvalue weighted by atomic mass is 10.2. The number of thioether (sulfide) groups is 1. The molecule has 4 rings (SSSR count). The average Bonchev–Trinajstić information content (AvgIpc) is 2.78. The zero-order valence-corrected chi connectivity index (χ0v) is 18.9. The van der Waals surface area contributed by atoms with E-state index < -0.39 is 5.25 Å². The summed E-state index contributed by atoms with van der Waals surface area (Å²) < 4.78 is 6.84. The van der Waals surface area contributed by atoms with Crippen LogP contribution < -0.4 is 15.8 Å². The van der Waals surface area contributed by atoms with Gasteiger partial charge in [-0.2, -0.15) is 0 Å². The van der Waals surface area contributed by atoms with Gasteiger partial charge < -0.3 is 10.1 Å². The number of benzene rings is 2. The van der Waals surface area contributed by atoms with Crippen LogP contribution in [0.2, 0.25) is 0 Å². The summed E-state index contributed by atoms with van der Waals surface area (Å²) in [5.41, 5.74) is 1.65. The molecule has 1 aliphatic heterocycles. The smallest absolute Gasteiger partial charge is 0.262 e. The van der Waals surface area contributed by atoms with Crippen molar-refractivity contribution in [1.82, 2.24) is 9.55 Å². The maximum absolute atomic E-state index is 13.4. The quantitative estimate of drug-likeness (QED) is 0.456. The zero-order chi connectivity index (χ0) is 22.8. The van der Waals surface area contributed by atoms with Crippen molar-refractivity contribution in [1.29, 1.82) is 0 Å². The van der Waals surface area contributed by atoms with Crippen LogP contribution in [0.25, 0.3) is 10.9 Å². The third-order valence-corrected chi connectivity index (χ3v) is 6.34. The lowest BCUT2D eigenvalue weighted by Gasteiger charge is -2.31. The van der Waals surface area contributed by atoms with Crippen molar-refractivity contribution >= 4 is 45.9 Å². The van der Waals surface area contributed by atoms with Gasteiger partial charge in [0, 0.05) is 7.11 Å². The lowest BCUT2D eigenvalue weighted by molar-refractivity contribution is -0.121. The Labute approximate surface area is 189 Å². The minimum absolute atomic E-state index is 0.0568. The van der Waals surface area contributed by atoms with Gasteiger partial charge in [0.05, 0.1) is 40.2 Å². The Morgan fingerprint density at radius 2 is 1.88 bits per heavy atom. The molecule has 0 radical (unpaired) electrons. The molecule has 166 valence electrons. The maximum atomic E-state index is 13.4. The number of aromatic nitrogens is 2. The van der Waals surface area contributed by atoms with Crippen LogP contribution in [0.4, 0.5) is 11.4 Å². The molecule has 3 aromatic rings. The molecule has 1 aliphatic rings. The van der Waals surface area contributed by atoms with Crippen molar-refractivity contribution in [2.24, 2.45) is 0 Å². The fourth-order valence-corrected chi connectivity index (χ4v) is 4.84. The second kappa shape index (κ2) is 9.13. The molecule has 0 spiro atoms. The number of carbonyl (C=O) groups is 2. The van der Waals surface area contributed by atoms with Crippen molar-refractivity contribution in [2.75, 3.05) is 30.5 Å². The first-order chi connectivity index (χ1) is 15.4. The standard InChI is InChI=1S/C23H24N4O4S/c1-14(13-31-3)27-22(30)16-8-4-5-9-17(16)25-23(27)32-15(2)21(29)26-12-20(28)24-18-10-6-7-11-19(18)26/h4-11,14-15H,12-13H2,1-3H3,(H,24,28)/t14-,15-/m1/s1. The van der Waals surface area contributed by atoms with Crippen LogP contribution in [-0.2, 0) is 14.3 Å². The first kappa shape index (κ1) is 22.0. The summed E-state index contributed by atoms with van der Waals surface area (Å²) in [5.74, 6) is -0.477. The van der Waals surface area contributed by atoms with Gasteiger partial charge in [0.25, 0.3) is 5.56 Å². The van der Waals surface area contributed by atoms with E-state index in [2.05, 4.69) is 10.3 Å². The Hall–Kier alpha value is -3.17. The Morgan fingerprint density at radius 1 is 1.16 bits per heavy atom. The van der Waals surface area contributed by atoms with E-state index in [0.717, 1.165) is 0 Å². The third kappa shape index (κ3) is 4.13. The third-order valence-electron chi connectivity index (χ3n) is 5.29. The molecule has 0 unspecified atom stereocenters. The van der Waals surface area contributed by atoms with Gasteiger partial charge in [-0.3, -0.25) is 23.9 Å². The van der Waals surface area contributed by atoms with Crippen LogP contribution in [0.5, 0.6) is 0 Å². The van der Waals surface area contributed by atoms with Crippen molar-refractivity contribution < 1.29 is 14.3 Å². The highest BCUT2D eigenvalue weighted by Gasteiger charge is 2.31. The molecule has 2 aromatic carbocycles.